The highest BCUT2D eigenvalue weighted by Crippen LogP contribution is 2.27. The lowest BCUT2D eigenvalue weighted by atomic mass is 10.2. The van der Waals surface area contributed by atoms with E-state index in [9.17, 15) is 0 Å². The molecule has 0 aliphatic rings. The van der Waals surface area contributed by atoms with Crippen LogP contribution in [0.15, 0.2) is 18.2 Å². The van der Waals surface area contributed by atoms with Crippen LogP contribution in [0.2, 0.25) is 0 Å². The minimum absolute atomic E-state index is 0.866. The average Bonchev–Trinajstić information content (AvgIpc) is 2.56. The smallest absolute Gasteiger partial charge is 0.144 e. The summed E-state index contributed by atoms with van der Waals surface area (Å²) < 4.78 is 7.30. The van der Waals surface area contributed by atoms with Crippen molar-refractivity contribution in [1.82, 2.24) is 9.78 Å². The van der Waals surface area contributed by atoms with E-state index in [0.29, 0.717) is 0 Å². The Morgan fingerprint density at radius 3 is 2.86 bits per heavy atom. The fraction of sp³-hybridized carbons (Fsp3) is 0.364. The Balaban J connectivity index is 2.82. The SMILES string of the molecule is CCn1nc(C)c2cccc(OC)c21. The van der Waals surface area contributed by atoms with Crippen molar-refractivity contribution in [1.29, 1.82) is 0 Å². The number of rotatable bonds is 2. The monoisotopic (exact) mass is 190 g/mol. The maximum absolute atomic E-state index is 5.32. The van der Waals surface area contributed by atoms with Crippen LogP contribution in [0.4, 0.5) is 0 Å². The molecule has 0 radical (unpaired) electrons. The van der Waals surface area contributed by atoms with Gasteiger partial charge >= 0.3 is 0 Å². The van der Waals surface area contributed by atoms with Crippen molar-refractivity contribution >= 4 is 10.9 Å². The summed E-state index contributed by atoms with van der Waals surface area (Å²) in [5.74, 6) is 0.893. The number of hydrogen-bond acceptors (Lipinski definition) is 2. The molecule has 0 spiro atoms. The van der Waals surface area contributed by atoms with Crippen molar-refractivity contribution in [3.8, 4) is 5.75 Å². The number of methoxy groups -OCH3 is 1. The molecule has 0 fully saturated rings. The van der Waals surface area contributed by atoms with E-state index in [1.807, 2.05) is 23.7 Å². The molecule has 3 nitrogen and oxygen atoms in total. The Kier molecular flexibility index (Phi) is 2.15. The van der Waals surface area contributed by atoms with E-state index in [1.54, 1.807) is 7.11 Å². The minimum Gasteiger partial charge on any atom is -0.494 e. The molecule has 0 bridgehead atoms. The van der Waals surface area contributed by atoms with Crippen molar-refractivity contribution in [3.05, 3.63) is 23.9 Å². The van der Waals surface area contributed by atoms with Gasteiger partial charge in [-0.05, 0) is 19.9 Å². The lowest BCUT2D eigenvalue weighted by Gasteiger charge is -2.04. The van der Waals surface area contributed by atoms with Gasteiger partial charge in [0.05, 0.1) is 12.8 Å². The summed E-state index contributed by atoms with van der Waals surface area (Å²) in [4.78, 5) is 0. The molecule has 0 amide bonds. The van der Waals surface area contributed by atoms with Crippen LogP contribution in [0.25, 0.3) is 10.9 Å². The van der Waals surface area contributed by atoms with E-state index in [-0.39, 0.29) is 0 Å². The molecule has 0 aliphatic heterocycles. The largest absolute Gasteiger partial charge is 0.494 e. The van der Waals surface area contributed by atoms with Crippen LogP contribution in [0.1, 0.15) is 12.6 Å². The second-order valence-corrected chi connectivity index (χ2v) is 3.26. The molecule has 0 atom stereocenters. The van der Waals surface area contributed by atoms with E-state index in [0.717, 1.165) is 23.5 Å². The Bertz CT molecular complexity index is 460. The van der Waals surface area contributed by atoms with Crippen molar-refractivity contribution in [2.75, 3.05) is 7.11 Å². The lowest BCUT2D eigenvalue weighted by molar-refractivity contribution is 0.416. The fourth-order valence-electron chi connectivity index (χ4n) is 1.76. The number of hydrogen-bond donors (Lipinski definition) is 0. The van der Waals surface area contributed by atoms with Gasteiger partial charge in [-0.1, -0.05) is 12.1 Å². The first-order valence-electron chi connectivity index (χ1n) is 4.78. The normalized spacial score (nSPS) is 10.8. The second-order valence-electron chi connectivity index (χ2n) is 3.26. The number of aryl methyl sites for hydroxylation is 2. The summed E-state index contributed by atoms with van der Waals surface area (Å²) in [6.45, 7) is 4.97. The van der Waals surface area contributed by atoms with Crippen LogP contribution in [0.5, 0.6) is 5.75 Å². The lowest BCUT2D eigenvalue weighted by Crippen LogP contribution is -1.97. The molecule has 3 heteroatoms. The highest BCUT2D eigenvalue weighted by Gasteiger charge is 2.09. The quantitative estimate of drug-likeness (QED) is 0.727. The van der Waals surface area contributed by atoms with Crippen LogP contribution in [-0.4, -0.2) is 16.9 Å². The van der Waals surface area contributed by atoms with Gasteiger partial charge in [0.1, 0.15) is 11.3 Å². The molecular formula is C11H14N2O. The molecule has 1 heterocycles. The zero-order valence-electron chi connectivity index (χ0n) is 8.74. The number of para-hydroxylation sites is 1. The predicted octanol–water partition coefficient (Wildman–Crippen LogP) is 2.37. The number of benzene rings is 1. The molecule has 14 heavy (non-hydrogen) atoms. The molecular weight excluding hydrogens is 176 g/mol. The first-order chi connectivity index (χ1) is 6.77. The van der Waals surface area contributed by atoms with Gasteiger partial charge < -0.3 is 4.74 Å². The summed E-state index contributed by atoms with van der Waals surface area (Å²) in [5, 5.41) is 5.63. The molecule has 0 N–H and O–H groups in total. The van der Waals surface area contributed by atoms with Crippen molar-refractivity contribution in [2.24, 2.45) is 0 Å². The number of fused-ring (bicyclic) bond motifs is 1. The zero-order valence-corrected chi connectivity index (χ0v) is 8.74. The summed E-state index contributed by atoms with van der Waals surface area (Å²) in [5.41, 5.74) is 2.15. The summed E-state index contributed by atoms with van der Waals surface area (Å²) in [6, 6.07) is 6.04. The van der Waals surface area contributed by atoms with Crippen LogP contribution in [-0.2, 0) is 6.54 Å². The van der Waals surface area contributed by atoms with Gasteiger partial charge in [-0.15, -0.1) is 0 Å². The van der Waals surface area contributed by atoms with Gasteiger partial charge in [-0.25, -0.2) is 0 Å². The molecule has 74 valence electrons. The van der Waals surface area contributed by atoms with Crippen molar-refractivity contribution in [3.63, 3.8) is 0 Å². The van der Waals surface area contributed by atoms with Crippen LogP contribution in [0, 0.1) is 6.92 Å². The van der Waals surface area contributed by atoms with Gasteiger partial charge in [0.15, 0.2) is 0 Å². The summed E-state index contributed by atoms with van der Waals surface area (Å²) >= 11 is 0. The Morgan fingerprint density at radius 2 is 2.21 bits per heavy atom. The minimum atomic E-state index is 0.866. The Labute approximate surface area is 83.3 Å². The second kappa shape index (κ2) is 3.33. The topological polar surface area (TPSA) is 27.1 Å². The molecule has 0 aliphatic carbocycles. The van der Waals surface area contributed by atoms with Crippen LogP contribution >= 0.6 is 0 Å². The van der Waals surface area contributed by atoms with Crippen LogP contribution < -0.4 is 4.74 Å². The third-order valence-electron chi connectivity index (χ3n) is 2.44. The molecule has 2 rings (SSSR count). The molecule has 0 saturated carbocycles. The van der Waals surface area contributed by atoms with Gasteiger partial charge in [-0.3, -0.25) is 4.68 Å². The van der Waals surface area contributed by atoms with Crippen molar-refractivity contribution < 1.29 is 4.74 Å². The van der Waals surface area contributed by atoms with Gasteiger partial charge in [0, 0.05) is 11.9 Å². The Morgan fingerprint density at radius 1 is 1.43 bits per heavy atom. The average molecular weight is 190 g/mol. The number of ether oxygens (including phenoxy) is 1. The van der Waals surface area contributed by atoms with E-state index >= 15 is 0 Å². The molecule has 1 aromatic carbocycles. The molecule has 2 aromatic rings. The standard InChI is InChI=1S/C11H14N2O/c1-4-13-11-9(8(2)12-13)6-5-7-10(11)14-3/h5-7H,4H2,1-3H3. The van der Waals surface area contributed by atoms with E-state index < -0.39 is 0 Å². The van der Waals surface area contributed by atoms with E-state index in [4.69, 9.17) is 4.74 Å². The zero-order chi connectivity index (χ0) is 10.1. The van der Waals surface area contributed by atoms with Gasteiger partial charge in [0.25, 0.3) is 0 Å². The molecule has 1 aromatic heterocycles. The maximum atomic E-state index is 5.32. The Hall–Kier alpha value is -1.51. The van der Waals surface area contributed by atoms with Crippen molar-refractivity contribution in [2.45, 2.75) is 20.4 Å². The van der Waals surface area contributed by atoms with Gasteiger partial charge in [-0.2, -0.15) is 5.10 Å². The van der Waals surface area contributed by atoms with Crippen LogP contribution in [0.3, 0.4) is 0 Å². The highest BCUT2D eigenvalue weighted by molar-refractivity contribution is 5.87. The summed E-state index contributed by atoms with van der Waals surface area (Å²) in [6.07, 6.45) is 0. The van der Waals surface area contributed by atoms with E-state index in [1.165, 1.54) is 5.39 Å². The van der Waals surface area contributed by atoms with Gasteiger partial charge in [0.2, 0.25) is 0 Å². The first-order valence-corrected chi connectivity index (χ1v) is 4.78. The predicted molar refractivity (Wildman–Crippen MR) is 56.7 cm³/mol. The molecule has 0 unspecified atom stereocenters. The first kappa shape index (κ1) is 9.06. The highest BCUT2D eigenvalue weighted by atomic mass is 16.5. The summed E-state index contributed by atoms with van der Waals surface area (Å²) in [7, 11) is 1.69. The molecule has 0 saturated heterocycles. The maximum Gasteiger partial charge on any atom is 0.144 e. The number of aromatic nitrogens is 2. The third-order valence-corrected chi connectivity index (χ3v) is 2.44. The third kappa shape index (κ3) is 1.16. The number of nitrogens with zero attached hydrogens (tertiary/aromatic N) is 2. The fourth-order valence-corrected chi connectivity index (χ4v) is 1.76. The van der Waals surface area contributed by atoms with E-state index in [2.05, 4.69) is 18.1 Å².